The highest BCUT2D eigenvalue weighted by atomic mass is 32.2. The Hall–Kier alpha value is -3.07. The summed E-state index contributed by atoms with van der Waals surface area (Å²) in [5.74, 6) is 0. The minimum atomic E-state index is -4.03. The number of hydrogen-bond acceptors (Lipinski definition) is 6. The maximum absolute atomic E-state index is 13.5. The van der Waals surface area contributed by atoms with Crippen molar-refractivity contribution in [2.24, 2.45) is 0 Å². The predicted octanol–water partition coefficient (Wildman–Crippen LogP) is 4.11. The smallest absolute Gasteiger partial charge is 0.410 e. The molecule has 0 aromatic heterocycles. The molecule has 0 unspecified atom stereocenters. The van der Waals surface area contributed by atoms with Crippen molar-refractivity contribution in [1.29, 1.82) is 0 Å². The van der Waals surface area contributed by atoms with Gasteiger partial charge in [-0.1, -0.05) is 48.5 Å². The number of sulfone groups is 1. The molecular weight excluding hydrogens is 444 g/mol. The first-order chi connectivity index (χ1) is 15.6. The van der Waals surface area contributed by atoms with E-state index in [1.807, 2.05) is 18.2 Å². The lowest BCUT2D eigenvalue weighted by molar-refractivity contribution is 0.0214. The molecule has 2 atom stereocenters. The van der Waals surface area contributed by atoms with Gasteiger partial charge >= 0.3 is 12.2 Å². The van der Waals surface area contributed by atoms with Crippen molar-refractivity contribution in [3.63, 3.8) is 0 Å². The molecule has 0 bridgehead atoms. The van der Waals surface area contributed by atoms with Gasteiger partial charge in [-0.05, 0) is 51.3 Å². The average Bonchev–Trinajstić information content (AvgIpc) is 3.26. The van der Waals surface area contributed by atoms with E-state index in [4.69, 9.17) is 9.47 Å². The van der Waals surface area contributed by atoms with Crippen LogP contribution >= 0.6 is 0 Å². The normalized spacial score (nSPS) is 17.3. The van der Waals surface area contributed by atoms with Crippen LogP contribution in [0.5, 0.6) is 0 Å². The van der Waals surface area contributed by atoms with Crippen molar-refractivity contribution in [2.75, 3.05) is 6.54 Å². The first kappa shape index (κ1) is 24.6. The molecule has 2 aromatic rings. The van der Waals surface area contributed by atoms with Gasteiger partial charge in [0.25, 0.3) is 0 Å². The highest BCUT2D eigenvalue weighted by molar-refractivity contribution is 7.92. The third-order valence-electron chi connectivity index (χ3n) is 5.16. The quantitative estimate of drug-likeness (QED) is 0.676. The van der Waals surface area contributed by atoms with Crippen molar-refractivity contribution < 1.29 is 27.5 Å². The van der Waals surface area contributed by atoms with E-state index in [9.17, 15) is 18.0 Å². The Kier molecular flexibility index (Phi) is 7.63. The molecular formula is C24H30N2O6S. The predicted molar refractivity (Wildman–Crippen MR) is 123 cm³/mol. The van der Waals surface area contributed by atoms with E-state index in [1.54, 1.807) is 51.1 Å². The van der Waals surface area contributed by atoms with E-state index >= 15 is 0 Å². The van der Waals surface area contributed by atoms with Crippen molar-refractivity contribution >= 4 is 22.0 Å². The standard InChI is InChI=1S/C24H30N2O6S/c1-24(2,3)32-23(28)26-16-10-15-20(26)21(33(29,30)19-13-8-5-9-14-19)25-22(27)31-17-18-11-6-4-7-12-18/h4-9,11-14,20-21H,10,15-17H2,1-3H3,(H,25,27)/t20-,21-/m0/s1. The molecule has 3 rings (SSSR count). The fourth-order valence-corrected chi connectivity index (χ4v) is 5.45. The van der Waals surface area contributed by atoms with Crippen LogP contribution in [0.4, 0.5) is 9.59 Å². The number of rotatable bonds is 6. The van der Waals surface area contributed by atoms with Crippen molar-refractivity contribution in [2.45, 2.75) is 62.1 Å². The van der Waals surface area contributed by atoms with Gasteiger partial charge in [0, 0.05) is 6.54 Å². The van der Waals surface area contributed by atoms with Gasteiger partial charge < -0.3 is 19.7 Å². The first-order valence-electron chi connectivity index (χ1n) is 10.8. The lowest BCUT2D eigenvalue weighted by Crippen LogP contribution is -2.55. The van der Waals surface area contributed by atoms with E-state index in [0.717, 1.165) is 5.56 Å². The number of benzene rings is 2. The van der Waals surface area contributed by atoms with Gasteiger partial charge in [-0.25, -0.2) is 18.0 Å². The van der Waals surface area contributed by atoms with E-state index < -0.39 is 39.0 Å². The van der Waals surface area contributed by atoms with Crippen LogP contribution in [0, 0.1) is 0 Å². The van der Waals surface area contributed by atoms with Gasteiger partial charge in [0.05, 0.1) is 10.9 Å². The number of ether oxygens (including phenoxy) is 2. The Labute approximate surface area is 194 Å². The number of likely N-dealkylation sites (tertiary alicyclic amines) is 1. The van der Waals surface area contributed by atoms with Gasteiger partial charge in [0.2, 0.25) is 9.84 Å². The molecule has 0 spiro atoms. The van der Waals surface area contributed by atoms with Crippen LogP contribution < -0.4 is 5.32 Å². The molecule has 33 heavy (non-hydrogen) atoms. The van der Waals surface area contributed by atoms with Crippen LogP contribution in [0.25, 0.3) is 0 Å². The minimum Gasteiger partial charge on any atom is -0.445 e. The van der Waals surface area contributed by atoms with Gasteiger partial charge in [-0.3, -0.25) is 0 Å². The largest absolute Gasteiger partial charge is 0.445 e. The Morgan fingerprint density at radius 2 is 1.67 bits per heavy atom. The molecule has 1 heterocycles. The molecule has 178 valence electrons. The molecule has 8 nitrogen and oxygen atoms in total. The summed E-state index contributed by atoms with van der Waals surface area (Å²) in [4.78, 5) is 26.9. The van der Waals surface area contributed by atoms with Crippen LogP contribution in [0.2, 0.25) is 0 Å². The second-order valence-corrected chi connectivity index (χ2v) is 10.9. The summed E-state index contributed by atoms with van der Waals surface area (Å²) in [6.45, 7) is 5.56. The fraction of sp³-hybridized carbons (Fsp3) is 0.417. The summed E-state index contributed by atoms with van der Waals surface area (Å²) in [5.41, 5.74) is 0.0337. The molecule has 1 aliphatic heterocycles. The molecule has 1 fully saturated rings. The first-order valence-corrected chi connectivity index (χ1v) is 12.4. The summed E-state index contributed by atoms with van der Waals surface area (Å²) in [5, 5.41) is 1.13. The molecule has 0 aliphatic carbocycles. The van der Waals surface area contributed by atoms with Crippen LogP contribution in [-0.4, -0.2) is 49.1 Å². The number of amides is 2. The van der Waals surface area contributed by atoms with Crippen LogP contribution in [0.1, 0.15) is 39.2 Å². The zero-order valence-electron chi connectivity index (χ0n) is 19.1. The SMILES string of the molecule is CC(C)(C)OC(=O)N1CCC[C@H]1[C@@H](NC(=O)OCc1ccccc1)S(=O)(=O)c1ccccc1. The Balaban J connectivity index is 1.85. The summed E-state index contributed by atoms with van der Waals surface area (Å²) >= 11 is 0. The molecule has 0 saturated carbocycles. The maximum Gasteiger partial charge on any atom is 0.410 e. The summed E-state index contributed by atoms with van der Waals surface area (Å²) in [6.07, 6.45) is -0.502. The van der Waals surface area contributed by atoms with Gasteiger partial charge in [0.1, 0.15) is 12.2 Å². The van der Waals surface area contributed by atoms with Crippen molar-refractivity contribution in [3.8, 4) is 0 Å². The van der Waals surface area contributed by atoms with Gasteiger partial charge in [0.15, 0.2) is 5.37 Å². The number of carbonyl (C=O) groups is 2. The van der Waals surface area contributed by atoms with Gasteiger partial charge in [-0.15, -0.1) is 0 Å². The number of hydrogen-bond donors (Lipinski definition) is 1. The Morgan fingerprint density at radius 3 is 2.27 bits per heavy atom. The number of nitrogens with one attached hydrogen (secondary N) is 1. The van der Waals surface area contributed by atoms with E-state index in [2.05, 4.69) is 5.32 Å². The zero-order chi connectivity index (χ0) is 24.1. The minimum absolute atomic E-state index is 0.00871. The highest BCUT2D eigenvalue weighted by Gasteiger charge is 2.44. The number of alkyl carbamates (subject to hydrolysis) is 1. The van der Waals surface area contributed by atoms with Crippen molar-refractivity contribution in [3.05, 3.63) is 66.2 Å². The zero-order valence-corrected chi connectivity index (χ0v) is 19.9. The molecule has 2 aromatic carbocycles. The number of nitrogens with zero attached hydrogens (tertiary/aromatic N) is 1. The van der Waals surface area contributed by atoms with Crippen LogP contribution in [0.15, 0.2) is 65.6 Å². The van der Waals surface area contributed by atoms with E-state index in [1.165, 1.54) is 17.0 Å². The van der Waals surface area contributed by atoms with Crippen LogP contribution in [0.3, 0.4) is 0 Å². The molecule has 2 amide bonds. The van der Waals surface area contributed by atoms with Gasteiger partial charge in [-0.2, -0.15) is 0 Å². The fourth-order valence-electron chi connectivity index (χ4n) is 3.67. The molecule has 0 radical (unpaired) electrons. The summed E-state index contributed by atoms with van der Waals surface area (Å²) < 4.78 is 37.8. The van der Waals surface area contributed by atoms with E-state index in [-0.39, 0.29) is 11.5 Å². The highest BCUT2D eigenvalue weighted by Crippen LogP contribution is 2.28. The third-order valence-corrected chi connectivity index (χ3v) is 7.19. The lowest BCUT2D eigenvalue weighted by atomic mass is 10.2. The summed E-state index contributed by atoms with van der Waals surface area (Å²) in [7, 11) is -4.03. The maximum atomic E-state index is 13.5. The lowest BCUT2D eigenvalue weighted by Gasteiger charge is -2.33. The summed E-state index contributed by atoms with van der Waals surface area (Å²) in [6, 6.07) is 16.1. The molecule has 1 N–H and O–H groups in total. The molecule has 1 aliphatic rings. The third kappa shape index (κ3) is 6.47. The Morgan fingerprint density at radius 1 is 1.06 bits per heavy atom. The van der Waals surface area contributed by atoms with Crippen LogP contribution in [-0.2, 0) is 25.9 Å². The second kappa shape index (κ2) is 10.2. The molecule has 1 saturated heterocycles. The average molecular weight is 475 g/mol. The Bertz CT molecular complexity index is 1050. The monoisotopic (exact) mass is 474 g/mol. The second-order valence-electron chi connectivity index (χ2n) is 8.87. The van der Waals surface area contributed by atoms with E-state index in [0.29, 0.717) is 19.4 Å². The molecule has 9 heteroatoms. The topological polar surface area (TPSA) is 102 Å². The van der Waals surface area contributed by atoms with Crippen molar-refractivity contribution in [1.82, 2.24) is 10.2 Å². The number of carbonyl (C=O) groups excluding carboxylic acids is 2.